The van der Waals surface area contributed by atoms with E-state index >= 15 is 0 Å². The summed E-state index contributed by atoms with van der Waals surface area (Å²) in [7, 11) is 0. The summed E-state index contributed by atoms with van der Waals surface area (Å²) in [6.07, 6.45) is 3.23. The van der Waals surface area contributed by atoms with E-state index < -0.39 is 5.82 Å². The number of amidine groups is 1. The van der Waals surface area contributed by atoms with Crippen molar-refractivity contribution in [2.45, 2.75) is 19.3 Å². The van der Waals surface area contributed by atoms with Crippen molar-refractivity contribution >= 4 is 46.0 Å². The summed E-state index contributed by atoms with van der Waals surface area (Å²) in [4.78, 5) is 2.40. The molecular formula is C15H16ClFIN5O. The first-order valence-corrected chi connectivity index (χ1v) is 8.97. The number of hydrogen-bond donors (Lipinski definition) is 1. The number of anilines is 1. The topological polar surface area (TPSA) is 66.5 Å². The Bertz CT molecular complexity index is 732. The van der Waals surface area contributed by atoms with Gasteiger partial charge in [-0.1, -0.05) is 16.8 Å². The van der Waals surface area contributed by atoms with Gasteiger partial charge < -0.3 is 10.2 Å². The summed E-state index contributed by atoms with van der Waals surface area (Å²) >= 11 is 7.68. The Morgan fingerprint density at radius 3 is 2.88 bits per heavy atom. The quantitative estimate of drug-likeness (QED) is 0.416. The molecule has 2 heterocycles. The second kappa shape index (κ2) is 8.21. The van der Waals surface area contributed by atoms with Crippen LogP contribution in [0.4, 0.5) is 10.1 Å². The van der Waals surface area contributed by atoms with Gasteiger partial charge in [-0.2, -0.15) is 3.21 Å². The van der Waals surface area contributed by atoms with Gasteiger partial charge in [0.05, 0.1) is 27.9 Å². The molecule has 0 spiro atoms. The predicted molar refractivity (Wildman–Crippen MR) is 99.3 cm³/mol. The number of aromatic nitrogens is 2. The maximum absolute atomic E-state index is 13.3. The number of halogens is 3. The summed E-state index contributed by atoms with van der Waals surface area (Å²) in [5.41, 5.74) is 1.92. The molecule has 24 heavy (non-hydrogen) atoms. The van der Waals surface area contributed by atoms with Crippen LogP contribution in [0.2, 0.25) is 5.02 Å². The fraction of sp³-hybridized carbons (Fsp3) is 0.400. The zero-order valence-electron chi connectivity index (χ0n) is 12.8. The minimum Gasteiger partial charge on any atom is -0.338 e. The minimum atomic E-state index is -0.468. The Labute approximate surface area is 157 Å². The van der Waals surface area contributed by atoms with Crippen LogP contribution >= 0.6 is 34.5 Å². The minimum absolute atomic E-state index is 0.0420. The van der Waals surface area contributed by atoms with E-state index in [4.69, 9.17) is 16.2 Å². The number of nitrogens with one attached hydrogen (secondary N) is 1. The Kier molecular flexibility index (Phi) is 6.01. The normalized spacial score (nSPS) is 15.9. The van der Waals surface area contributed by atoms with Crippen molar-refractivity contribution in [2.24, 2.45) is 3.21 Å². The van der Waals surface area contributed by atoms with Gasteiger partial charge in [0.1, 0.15) is 11.5 Å². The molecule has 0 saturated carbocycles. The van der Waals surface area contributed by atoms with Gasteiger partial charge in [0, 0.05) is 18.7 Å². The Hall–Kier alpha value is -1.26. The molecule has 1 fully saturated rings. The molecule has 1 aromatic carbocycles. The first kappa shape index (κ1) is 17.6. The van der Waals surface area contributed by atoms with E-state index in [9.17, 15) is 4.39 Å². The largest absolute Gasteiger partial charge is 0.338 e. The van der Waals surface area contributed by atoms with Crippen molar-refractivity contribution in [3.05, 3.63) is 40.4 Å². The molecule has 0 aliphatic carbocycles. The zero-order valence-corrected chi connectivity index (χ0v) is 15.7. The second-order valence-electron chi connectivity index (χ2n) is 5.55. The van der Waals surface area contributed by atoms with E-state index in [0.717, 1.165) is 31.7 Å². The van der Waals surface area contributed by atoms with Crippen LogP contribution in [-0.4, -0.2) is 40.7 Å². The highest BCUT2D eigenvalue weighted by Crippen LogP contribution is 2.21. The summed E-state index contributed by atoms with van der Waals surface area (Å²) in [5.74, 6) is 0.0283. The average Bonchev–Trinajstić information content (AvgIpc) is 3.25. The van der Waals surface area contributed by atoms with Crippen molar-refractivity contribution in [1.29, 1.82) is 0 Å². The van der Waals surface area contributed by atoms with Crippen molar-refractivity contribution in [3.8, 4) is 0 Å². The van der Waals surface area contributed by atoms with Crippen molar-refractivity contribution in [3.63, 3.8) is 0 Å². The molecular weight excluding hydrogens is 448 g/mol. The number of nitrogens with zero attached hydrogens (tertiary/aromatic N) is 4. The lowest BCUT2D eigenvalue weighted by atomic mass is 10.2. The van der Waals surface area contributed by atoms with Crippen LogP contribution in [0.3, 0.4) is 0 Å². The fourth-order valence-electron chi connectivity index (χ4n) is 2.65. The molecule has 3 rings (SSSR count). The van der Waals surface area contributed by atoms with E-state index in [1.807, 2.05) is 22.9 Å². The zero-order chi connectivity index (χ0) is 16.9. The lowest BCUT2D eigenvalue weighted by molar-refractivity contribution is 0.297. The van der Waals surface area contributed by atoms with Crippen LogP contribution in [0, 0.1) is 5.82 Å². The third-order valence-corrected chi connectivity index (χ3v) is 4.68. The lowest BCUT2D eigenvalue weighted by Gasteiger charge is -2.13. The summed E-state index contributed by atoms with van der Waals surface area (Å²) in [6.45, 7) is 3.17. The van der Waals surface area contributed by atoms with Crippen molar-refractivity contribution in [2.75, 3.05) is 25.0 Å². The molecule has 9 heteroatoms. The molecule has 6 nitrogen and oxygen atoms in total. The SMILES string of the molecule is Fc1ccc(N/C(=N\I)c2nonc2CCN2CCCC2)cc1Cl. The summed E-state index contributed by atoms with van der Waals surface area (Å²) in [5, 5.41) is 11.1. The number of rotatable bonds is 5. The van der Waals surface area contributed by atoms with E-state index in [2.05, 4.69) is 23.7 Å². The standard InChI is InChI=1S/C15H16ClFIN5O/c16-11-9-10(3-4-12(11)17)19-15(20-18)14-13(21-24-22-14)5-8-23-6-1-2-7-23/h3-4,9H,1-2,5-8H2,(H,19,20). The fourth-order valence-corrected chi connectivity index (χ4v) is 3.18. The maximum Gasteiger partial charge on any atom is 0.174 e. The van der Waals surface area contributed by atoms with E-state index in [0.29, 0.717) is 17.2 Å². The molecule has 1 aliphatic rings. The third kappa shape index (κ3) is 4.22. The molecule has 1 aliphatic heterocycles. The highest BCUT2D eigenvalue weighted by Gasteiger charge is 2.19. The number of likely N-dealkylation sites (tertiary alicyclic amines) is 1. The molecule has 1 N–H and O–H groups in total. The Balaban J connectivity index is 1.71. The molecule has 0 unspecified atom stereocenters. The molecule has 0 amide bonds. The Morgan fingerprint density at radius 2 is 2.17 bits per heavy atom. The number of hydrogen-bond acceptors (Lipinski definition) is 5. The van der Waals surface area contributed by atoms with Gasteiger partial charge in [-0.25, -0.2) is 9.02 Å². The molecule has 1 aromatic heterocycles. The smallest absolute Gasteiger partial charge is 0.174 e. The van der Waals surface area contributed by atoms with Gasteiger partial charge in [-0.15, -0.1) is 0 Å². The monoisotopic (exact) mass is 463 g/mol. The highest BCUT2D eigenvalue weighted by atomic mass is 127. The predicted octanol–water partition coefficient (Wildman–Crippen LogP) is 3.71. The van der Waals surface area contributed by atoms with E-state index in [-0.39, 0.29) is 5.02 Å². The molecule has 128 valence electrons. The van der Waals surface area contributed by atoms with Crippen LogP contribution in [0.15, 0.2) is 26.0 Å². The van der Waals surface area contributed by atoms with Crippen LogP contribution < -0.4 is 5.32 Å². The van der Waals surface area contributed by atoms with E-state index in [1.165, 1.54) is 25.0 Å². The van der Waals surface area contributed by atoms with Gasteiger partial charge in [-0.3, -0.25) is 0 Å². The number of benzene rings is 1. The summed E-state index contributed by atoms with van der Waals surface area (Å²) < 4.78 is 22.3. The molecule has 0 bridgehead atoms. The first-order chi connectivity index (χ1) is 11.7. The highest BCUT2D eigenvalue weighted by molar-refractivity contribution is 14.1. The second-order valence-corrected chi connectivity index (χ2v) is 6.43. The van der Waals surface area contributed by atoms with Gasteiger partial charge in [-0.05, 0) is 49.3 Å². The summed E-state index contributed by atoms with van der Waals surface area (Å²) in [6, 6.07) is 4.38. The van der Waals surface area contributed by atoms with Crippen molar-refractivity contribution in [1.82, 2.24) is 15.2 Å². The van der Waals surface area contributed by atoms with Crippen molar-refractivity contribution < 1.29 is 9.02 Å². The first-order valence-electron chi connectivity index (χ1n) is 7.62. The van der Waals surface area contributed by atoms with Crippen LogP contribution in [0.25, 0.3) is 0 Å². The van der Waals surface area contributed by atoms with Gasteiger partial charge >= 0.3 is 0 Å². The van der Waals surface area contributed by atoms with Gasteiger partial charge in [0.25, 0.3) is 0 Å². The lowest BCUT2D eigenvalue weighted by Crippen LogP contribution is -2.23. The van der Waals surface area contributed by atoms with Gasteiger partial charge in [0.15, 0.2) is 11.5 Å². The molecule has 1 saturated heterocycles. The Morgan fingerprint density at radius 1 is 1.38 bits per heavy atom. The molecule has 0 radical (unpaired) electrons. The van der Waals surface area contributed by atoms with Gasteiger partial charge in [0.2, 0.25) is 0 Å². The maximum atomic E-state index is 13.3. The van der Waals surface area contributed by atoms with E-state index in [1.54, 1.807) is 6.07 Å². The van der Waals surface area contributed by atoms with Crippen LogP contribution in [-0.2, 0) is 6.42 Å². The third-order valence-electron chi connectivity index (χ3n) is 3.91. The van der Waals surface area contributed by atoms with Crippen LogP contribution in [0.1, 0.15) is 24.2 Å². The average molecular weight is 464 g/mol. The molecule has 0 atom stereocenters. The van der Waals surface area contributed by atoms with Crippen LogP contribution in [0.5, 0.6) is 0 Å². The molecule has 2 aromatic rings.